The van der Waals surface area contributed by atoms with Crippen LogP contribution in [-0.4, -0.2) is 53.6 Å². The summed E-state index contributed by atoms with van der Waals surface area (Å²) in [6.45, 7) is 7.68. The van der Waals surface area contributed by atoms with Gasteiger partial charge in [-0.15, -0.1) is 0 Å². The summed E-state index contributed by atoms with van der Waals surface area (Å²) in [5.41, 5.74) is 5.86. The summed E-state index contributed by atoms with van der Waals surface area (Å²) in [4.78, 5) is 13.6. The summed E-state index contributed by atoms with van der Waals surface area (Å²) in [7, 11) is 0. The zero-order valence-corrected chi connectivity index (χ0v) is 12.9. The van der Waals surface area contributed by atoms with Crippen LogP contribution >= 0.6 is 0 Å². The molecule has 0 amide bonds. The molecule has 2 fully saturated rings. The number of nitrogen functional groups attached to an aromatic ring is 1. The smallest absolute Gasteiger partial charge is 0.223 e. The van der Waals surface area contributed by atoms with E-state index in [1.54, 1.807) is 0 Å². The average Bonchev–Trinajstić information content (AvgIpc) is 3.14. The highest BCUT2D eigenvalue weighted by Crippen LogP contribution is 2.25. The van der Waals surface area contributed by atoms with Gasteiger partial charge in [-0.05, 0) is 38.8 Å². The third-order valence-corrected chi connectivity index (χ3v) is 4.43. The second-order valence-corrected chi connectivity index (χ2v) is 6.03. The van der Waals surface area contributed by atoms with Crippen molar-refractivity contribution in [1.29, 1.82) is 0 Å². The highest BCUT2D eigenvalue weighted by atomic mass is 15.3. The van der Waals surface area contributed by atoms with Crippen molar-refractivity contribution in [2.75, 3.05) is 48.7 Å². The van der Waals surface area contributed by atoms with Crippen molar-refractivity contribution in [2.24, 2.45) is 0 Å². The van der Waals surface area contributed by atoms with E-state index in [0.29, 0.717) is 12.0 Å². The van der Waals surface area contributed by atoms with E-state index in [9.17, 15) is 0 Å². The van der Waals surface area contributed by atoms with Gasteiger partial charge in [0.1, 0.15) is 11.6 Å². The highest BCUT2D eigenvalue weighted by Gasteiger charge is 2.30. The van der Waals surface area contributed by atoms with E-state index in [-0.39, 0.29) is 0 Å². The summed E-state index contributed by atoms with van der Waals surface area (Å²) in [5, 5.41) is 3.30. The van der Waals surface area contributed by atoms with Crippen molar-refractivity contribution in [3.05, 3.63) is 6.07 Å². The molecule has 0 saturated carbocycles. The van der Waals surface area contributed by atoms with Crippen LogP contribution in [0.2, 0.25) is 0 Å². The molecule has 21 heavy (non-hydrogen) atoms. The van der Waals surface area contributed by atoms with Crippen LogP contribution in [0.5, 0.6) is 0 Å². The summed E-state index contributed by atoms with van der Waals surface area (Å²) < 4.78 is 0. The zero-order chi connectivity index (χ0) is 14.7. The molecular weight excluding hydrogens is 264 g/mol. The molecule has 0 radical (unpaired) electrons. The fourth-order valence-corrected chi connectivity index (χ4v) is 3.31. The first kappa shape index (κ1) is 14.4. The molecule has 3 rings (SSSR count). The zero-order valence-electron chi connectivity index (χ0n) is 12.9. The summed E-state index contributed by atoms with van der Waals surface area (Å²) in [5.74, 6) is 2.16. The lowest BCUT2D eigenvalue weighted by molar-refractivity contribution is 0.260. The van der Waals surface area contributed by atoms with Crippen molar-refractivity contribution in [3.8, 4) is 0 Å². The SMILES string of the molecule is CCCNc1cc(N2CCC(N3CCCC3)C2)nc(N)n1. The molecule has 1 aromatic heterocycles. The second kappa shape index (κ2) is 6.47. The first-order valence-corrected chi connectivity index (χ1v) is 8.13. The maximum Gasteiger partial charge on any atom is 0.223 e. The monoisotopic (exact) mass is 290 g/mol. The fourth-order valence-electron chi connectivity index (χ4n) is 3.31. The molecular formula is C15H26N6. The molecule has 116 valence electrons. The molecule has 2 saturated heterocycles. The van der Waals surface area contributed by atoms with Crippen LogP contribution in [0.1, 0.15) is 32.6 Å². The molecule has 3 N–H and O–H groups in total. The highest BCUT2D eigenvalue weighted by molar-refractivity contribution is 5.53. The molecule has 2 aliphatic rings. The number of likely N-dealkylation sites (tertiary alicyclic amines) is 1. The van der Waals surface area contributed by atoms with Crippen LogP contribution in [-0.2, 0) is 0 Å². The Balaban J connectivity index is 1.67. The van der Waals surface area contributed by atoms with Gasteiger partial charge in [-0.2, -0.15) is 9.97 Å². The molecule has 0 spiro atoms. The Hall–Kier alpha value is -1.56. The summed E-state index contributed by atoms with van der Waals surface area (Å²) >= 11 is 0. The molecule has 2 aliphatic heterocycles. The van der Waals surface area contributed by atoms with Gasteiger partial charge in [-0.25, -0.2) is 0 Å². The third-order valence-electron chi connectivity index (χ3n) is 4.43. The molecule has 0 aliphatic carbocycles. The number of nitrogens with two attached hydrogens (primary N) is 1. The van der Waals surface area contributed by atoms with Crippen molar-refractivity contribution in [3.63, 3.8) is 0 Å². The van der Waals surface area contributed by atoms with Gasteiger partial charge < -0.3 is 16.0 Å². The number of nitrogens with one attached hydrogen (secondary N) is 1. The quantitative estimate of drug-likeness (QED) is 0.857. The van der Waals surface area contributed by atoms with E-state index >= 15 is 0 Å². The lowest BCUT2D eigenvalue weighted by Gasteiger charge is -2.24. The molecule has 1 aromatic rings. The predicted octanol–water partition coefficient (Wildman–Crippen LogP) is 1.56. The van der Waals surface area contributed by atoms with Crippen LogP contribution in [0.4, 0.5) is 17.6 Å². The maximum atomic E-state index is 5.86. The Morgan fingerprint density at radius 3 is 2.86 bits per heavy atom. The molecule has 0 bridgehead atoms. The van der Waals surface area contributed by atoms with E-state index in [1.165, 1.54) is 32.4 Å². The van der Waals surface area contributed by atoms with E-state index in [0.717, 1.165) is 37.7 Å². The van der Waals surface area contributed by atoms with Crippen LogP contribution < -0.4 is 16.0 Å². The van der Waals surface area contributed by atoms with Gasteiger partial charge in [0.2, 0.25) is 5.95 Å². The summed E-state index contributed by atoms with van der Waals surface area (Å²) in [6, 6.07) is 2.70. The normalized spacial score (nSPS) is 22.9. The molecule has 3 heterocycles. The van der Waals surface area contributed by atoms with Crippen LogP contribution in [0.15, 0.2) is 6.07 Å². The summed E-state index contributed by atoms with van der Waals surface area (Å²) in [6.07, 6.45) is 4.99. The number of anilines is 3. The van der Waals surface area contributed by atoms with Gasteiger partial charge in [0.05, 0.1) is 0 Å². The topological polar surface area (TPSA) is 70.3 Å². The van der Waals surface area contributed by atoms with Crippen molar-refractivity contribution in [1.82, 2.24) is 14.9 Å². The average molecular weight is 290 g/mol. The van der Waals surface area contributed by atoms with Gasteiger partial charge >= 0.3 is 0 Å². The van der Waals surface area contributed by atoms with Crippen LogP contribution in [0, 0.1) is 0 Å². The van der Waals surface area contributed by atoms with Crippen molar-refractivity contribution < 1.29 is 0 Å². The minimum Gasteiger partial charge on any atom is -0.370 e. The Labute approximate surface area is 126 Å². The largest absolute Gasteiger partial charge is 0.370 e. The Morgan fingerprint density at radius 1 is 1.29 bits per heavy atom. The molecule has 0 aromatic carbocycles. The van der Waals surface area contributed by atoms with Gasteiger partial charge in [-0.1, -0.05) is 6.92 Å². The van der Waals surface area contributed by atoms with Gasteiger partial charge in [0.15, 0.2) is 0 Å². The van der Waals surface area contributed by atoms with Crippen LogP contribution in [0.25, 0.3) is 0 Å². The molecule has 6 nitrogen and oxygen atoms in total. The van der Waals surface area contributed by atoms with E-state index < -0.39 is 0 Å². The first-order valence-electron chi connectivity index (χ1n) is 8.13. The minimum absolute atomic E-state index is 0.357. The number of hydrogen-bond donors (Lipinski definition) is 2. The standard InChI is InChI=1S/C15H26N6/c1-2-6-17-13-10-14(19-15(16)18-13)21-9-5-12(11-21)20-7-3-4-8-20/h10,12H,2-9,11H2,1H3,(H3,16,17,18,19). The Kier molecular flexibility index (Phi) is 4.43. The molecule has 1 atom stereocenters. The number of aromatic nitrogens is 2. The van der Waals surface area contributed by atoms with E-state index in [4.69, 9.17) is 5.73 Å². The van der Waals surface area contributed by atoms with Crippen LogP contribution in [0.3, 0.4) is 0 Å². The maximum absolute atomic E-state index is 5.86. The lowest BCUT2D eigenvalue weighted by Crippen LogP contribution is -2.35. The fraction of sp³-hybridized carbons (Fsp3) is 0.733. The van der Waals surface area contributed by atoms with E-state index in [2.05, 4.69) is 32.0 Å². The third kappa shape index (κ3) is 3.37. The Morgan fingerprint density at radius 2 is 2.10 bits per heavy atom. The van der Waals surface area contributed by atoms with Gasteiger partial charge in [0.25, 0.3) is 0 Å². The van der Waals surface area contributed by atoms with Gasteiger partial charge in [0, 0.05) is 31.7 Å². The molecule has 1 unspecified atom stereocenters. The lowest BCUT2D eigenvalue weighted by atomic mass is 10.2. The molecule has 6 heteroatoms. The van der Waals surface area contributed by atoms with Gasteiger partial charge in [-0.3, -0.25) is 4.90 Å². The second-order valence-electron chi connectivity index (χ2n) is 6.03. The number of nitrogens with zero attached hydrogens (tertiary/aromatic N) is 4. The predicted molar refractivity (Wildman–Crippen MR) is 86.7 cm³/mol. The minimum atomic E-state index is 0.357. The Bertz CT molecular complexity index is 471. The number of hydrogen-bond acceptors (Lipinski definition) is 6. The van der Waals surface area contributed by atoms with Crippen molar-refractivity contribution >= 4 is 17.6 Å². The first-order chi connectivity index (χ1) is 10.3. The van der Waals surface area contributed by atoms with E-state index in [1.807, 2.05) is 6.07 Å². The number of rotatable bonds is 5. The van der Waals surface area contributed by atoms with Crippen molar-refractivity contribution in [2.45, 2.75) is 38.6 Å².